The number of Topliss-reactive ketones (excluding diaryl/α,β-unsaturated/α-hetero) is 1. The highest BCUT2D eigenvalue weighted by molar-refractivity contribution is 6.30. The Balaban J connectivity index is 1.97. The summed E-state index contributed by atoms with van der Waals surface area (Å²) in [5, 5.41) is 3.69. The van der Waals surface area contributed by atoms with Crippen molar-refractivity contribution in [3.63, 3.8) is 0 Å². The fraction of sp³-hybridized carbons (Fsp3) is 0.133. The van der Waals surface area contributed by atoms with Crippen LogP contribution in [-0.2, 0) is 0 Å². The number of rotatable bonds is 5. The Labute approximate surface area is 117 Å². The van der Waals surface area contributed by atoms with E-state index in [0.29, 0.717) is 10.6 Å². The number of ketones is 1. The molecule has 1 N–H and O–H groups in total. The molecule has 0 saturated carbocycles. The summed E-state index contributed by atoms with van der Waals surface area (Å²) in [5.74, 6) is 0.752. The molecule has 0 fully saturated rings. The van der Waals surface area contributed by atoms with E-state index in [4.69, 9.17) is 16.3 Å². The van der Waals surface area contributed by atoms with E-state index in [9.17, 15) is 4.79 Å². The molecule has 2 aromatic carbocycles. The second-order valence-electron chi connectivity index (χ2n) is 4.02. The zero-order valence-corrected chi connectivity index (χ0v) is 11.3. The fourth-order valence-electron chi connectivity index (χ4n) is 1.66. The summed E-state index contributed by atoms with van der Waals surface area (Å²) in [4.78, 5) is 12.0. The summed E-state index contributed by atoms with van der Waals surface area (Å²) in [6.45, 7) is 0.229. The lowest BCUT2D eigenvalue weighted by molar-refractivity contribution is 0.101. The number of methoxy groups -OCH3 is 1. The van der Waals surface area contributed by atoms with Gasteiger partial charge in [0.15, 0.2) is 5.78 Å². The predicted octanol–water partition coefficient (Wildman–Crippen LogP) is 3.64. The molecule has 0 aliphatic carbocycles. The van der Waals surface area contributed by atoms with E-state index in [2.05, 4.69) is 5.32 Å². The van der Waals surface area contributed by atoms with Gasteiger partial charge in [-0.05, 0) is 42.5 Å². The molecule has 98 valence electrons. The third kappa shape index (κ3) is 3.73. The maximum absolute atomic E-state index is 12.0. The van der Waals surface area contributed by atoms with Crippen LogP contribution in [0.2, 0.25) is 5.02 Å². The van der Waals surface area contributed by atoms with Gasteiger partial charge in [0, 0.05) is 16.3 Å². The average molecular weight is 276 g/mol. The van der Waals surface area contributed by atoms with E-state index in [1.54, 1.807) is 43.5 Å². The van der Waals surface area contributed by atoms with Gasteiger partial charge in [-0.1, -0.05) is 17.7 Å². The normalized spacial score (nSPS) is 10.0. The SMILES string of the molecule is COc1ccc(C(=O)CNc2cccc(Cl)c2)cc1. The predicted molar refractivity (Wildman–Crippen MR) is 77.3 cm³/mol. The molecule has 0 bridgehead atoms. The molecule has 4 heteroatoms. The molecule has 0 amide bonds. The molecule has 0 spiro atoms. The largest absolute Gasteiger partial charge is 0.497 e. The molecule has 0 aromatic heterocycles. The highest BCUT2D eigenvalue weighted by Crippen LogP contribution is 2.15. The van der Waals surface area contributed by atoms with Crippen molar-refractivity contribution in [2.24, 2.45) is 0 Å². The van der Waals surface area contributed by atoms with Gasteiger partial charge in [0.25, 0.3) is 0 Å². The van der Waals surface area contributed by atoms with Gasteiger partial charge in [-0.15, -0.1) is 0 Å². The third-order valence-electron chi connectivity index (χ3n) is 2.69. The van der Waals surface area contributed by atoms with E-state index >= 15 is 0 Å². The van der Waals surface area contributed by atoms with E-state index < -0.39 is 0 Å². The maximum atomic E-state index is 12.0. The second kappa shape index (κ2) is 6.25. The quantitative estimate of drug-likeness (QED) is 0.847. The fourth-order valence-corrected chi connectivity index (χ4v) is 1.85. The number of halogens is 1. The minimum atomic E-state index is 0.0163. The minimum absolute atomic E-state index is 0.0163. The number of benzene rings is 2. The molecule has 0 saturated heterocycles. The Morgan fingerprint density at radius 1 is 1.21 bits per heavy atom. The standard InChI is InChI=1S/C15H14ClNO2/c1-19-14-7-5-11(6-8-14)15(18)10-17-13-4-2-3-12(16)9-13/h2-9,17H,10H2,1H3. The molecular formula is C15H14ClNO2. The molecule has 0 radical (unpaired) electrons. The number of carbonyl (C=O) groups is 1. The van der Waals surface area contributed by atoms with Gasteiger partial charge in [-0.3, -0.25) is 4.79 Å². The number of carbonyl (C=O) groups excluding carboxylic acids is 1. The first-order chi connectivity index (χ1) is 9.19. The van der Waals surface area contributed by atoms with Crippen LogP contribution in [0.25, 0.3) is 0 Å². The van der Waals surface area contributed by atoms with Crippen LogP contribution in [0.4, 0.5) is 5.69 Å². The van der Waals surface area contributed by atoms with Crippen LogP contribution < -0.4 is 10.1 Å². The molecule has 3 nitrogen and oxygen atoms in total. The monoisotopic (exact) mass is 275 g/mol. The molecular weight excluding hydrogens is 262 g/mol. The van der Waals surface area contributed by atoms with Crippen LogP contribution in [0.1, 0.15) is 10.4 Å². The summed E-state index contributed by atoms with van der Waals surface area (Å²) in [7, 11) is 1.59. The first-order valence-corrected chi connectivity index (χ1v) is 6.23. The Morgan fingerprint density at radius 3 is 2.58 bits per heavy atom. The molecule has 0 heterocycles. The summed E-state index contributed by atoms with van der Waals surface area (Å²) in [6, 6.07) is 14.3. The zero-order chi connectivity index (χ0) is 13.7. The lowest BCUT2D eigenvalue weighted by atomic mass is 10.1. The van der Waals surface area contributed by atoms with Crippen LogP contribution in [0.5, 0.6) is 5.75 Å². The number of nitrogens with one attached hydrogen (secondary N) is 1. The van der Waals surface area contributed by atoms with Crippen LogP contribution in [-0.4, -0.2) is 19.4 Å². The molecule has 2 aromatic rings. The molecule has 0 aliphatic heterocycles. The van der Waals surface area contributed by atoms with Crippen molar-refractivity contribution in [2.45, 2.75) is 0 Å². The Bertz CT molecular complexity index is 567. The summed E-state index contributed by atoms with van der Waals surface area (Å²) < 4.78 is 5.05. The highest BCUT2D eigenvalue weighted by Gasteiger charge is 2.05. The lowest BCUT2D eigenvalue weighted by Crippen LogP contribution is -2.13. The zero-order valence-electron chi connectivity index (χ0n) is 10.5. The van der Waals surface area contributed by atoms with Gasteiger partial charge in [0.2, 0.25) is 0 Å². The van der Waals surface area contributed by atoms with Crippen molar-refractivity contribution < 1.29 is 9.53 Å². The van der Waals surface area contributed by atoms with Gasteiger partial charge < -0.3 is 10.1 Å². The molecule has 19 heavy (non-hydrogen) atoms. The number of hydrogen-bond donors (Lipinski definition) is 1. The average Bonchev–Trinajstić information content (AvgIpc) is 2.45. The van der Waals surface area contributed by atoms with Crippen molar-refractivity contribution in [3.05, 3.63) is 59.1 Å². The smallest absolute Gasteiger partial charge is 0.181 e. The third-order valence-corrected chi connectivity index (χ3v) is 2.92. The summed E-state index contributed by atoms with van der Waals surface area (Å²) in [6.07, 6.45) is 0. The van der Waals surface area contributed by atoms with Crippen molar-refractivity contribution in [1.82, 2.24) is 0 Å². The van der Waals surface area contributed by atoms with E-state index in [0.717, 1.165) is 11.4 Å². The van der Waals surface area contributed by atoms with Crippen LogP contribution in [0.3, 0.4) is 0 Å². The van der Waals surface area contributed by atoms with Crippen LogP contribution in [0.15, 0.2) is 48.5 Å². The van der Waals surface area contributed by atoms with Gasteiger partial charge >= 0.3 is 0 Å². The Kier molecular flexibility index (Phi) is 4.42. The first kappa shape index (κ1) is 13.4. The van der Waals surface area contributed by atoms with Crippen molar-refractivity contribution in [3.8, 4) is 5.75 Å². The van der Waals surface area contributed by atoms with Gasteiger partial charge in [0.05, 0.1) is 13.7 Å². The minimum Gasteiger partial charge on any atom is -0.497 e. The van der Waals surface area contributed by atoms with E-state index in [1.807, 2.05) is 12.1 Å². The Hall–Kier alpha value is -2.00. The molecule has 0 unspecified atom stereocenters. The van der Waals surface area contributed by atoms with E-state index in [-0.39, 0.29) is 12.3 Å². The molecule has 0 atom stereocenters. The maximum Gasteiger partial charge on any atom is 0.181 e. The topological polar surface area (TPSA) is 38.3 Å². The molecule has 0 aliphatic rings. The highest BCUT2D eigenvalue weighted by atomic mass is 35.5. The van der Waals surface area contributed by atoms with E-state index in [1.165, 1.54) is 0 Å². The van der Waals surface area contributed by atoms with Crippen LogP contribution >= 0.6 is 11.6 Å². The second-order valence-corrected chi connectivity index (χ2v) is 4.45. The van der Waals surface area contributed by atoms with Crippen LogP contribution in [0, 0.1) is 0 Å². The van der Waals surface area contributed by atoms with Gasteiger partial charge in [-0.25, -0.2) is 0 Å². The van der Waals surface area contributed by atoms with Crippen molar-refractivity contribution in [1.29, 1.82) is 0 Å². The van der Waals surface area contributed by atoms with Gasteiger partial charge in [-0.2, -0.15) is 0 Å². The first-order valence-electron chi connectivity index (χ1n) is 5.86. The Morgan fingerprint density at radius 2 is 1.95 bits per heavy atom. The lowest BCUT2D eigenvalue weighted by Gasteiger charge is -2.06. The van der Waals surface area contributed by atoms with Crippen molar-refractivity contribution >= 4 is 23.1 Å². The number of ether oxygens (including phenoxy) is 1. The van der Waals surface area contributed by atoms with Gasteiger partial charge in [0.1, 0.15) is 5.75 Å². The summed E-state index contributed by atoms with van der Waals surface area (Å²) in [5.41, 5.74) is 1.48. The number of hydrogen-bond acceptors (Lipinski definition) is 3. The molecule has 2 rings (SSSR count). The number of anilines is 1. The summed E-state index contributed by atoms with van der Waals surface area (Å²) >= 11 is 5.87. The van der Waals surface area contributed by atoms with Crippen molar-refractivity contribution in [2.75, 3.05) is 19.0 Å².